The summed E-state index contributed by atoms with van der Waals surface area (Å²) >= 11 is 5.97. The van der Waals surface area contributed by atoms with Crippen LogP contribution in [0.2, 0.25) is 5.02 Å². The molecule has 2 N–H and O–H groups in total. The van der Waals surface area contributed by atoms with Crippen LogP contribution in [0.5, 0.6) is 0 Å². The highest BCUT2D eigenvalue weighted by Gasteiger charge is 2.10. The van der Waals surface area contributed by atoms with Gasteiger partial charge in [-0.25, -0.2) is 4.98 Å². The van der Waals surface area contributed by atoms with Crippen molar-refractivity contribution in [1.82, 2.24) is 15.0 Å². The molecule has 2 aromatic carbocycles. The molecule has 29 heavy (non-hydrogen) atoms. The number of halogens is 1. The lowest BCUT2D eigenvalue weighted by Gasteiger charge is -2.14. The van der Waals surface area contributed by atoms with Crippen molar-refractivity contribution in [3.8, 4) is 22.4 Å². The molecule has 4 nitrogen and oxygen atoms in total. The number of hydrogen-bond acceptors (Lipinski definition) is 3. The average molecular weight is 405 g/mol. The second kappa shape index (κ2) is 8.26. The van der Waals surface area contributed by atoms with Gasteiger partial charge in [0.1, 0.15) is 0 Å². The van der Waals surface area contributed by atoms with E-state index in [0.29, 0.717) is 12.0 Å². The molecular weight excluding hydrogens is 380 g/mol. The van der Waals surface area contributed by atoms with Crippen LogP contribution in [-0.2, 0) is 0 Å². The number of anilines is 1. The Kier molecular flexibility index (Phi) is 5.54. The maximum atomic E-state index is 5.97. The molecule has 4 aromatic rings. The Hall–Kier alpha value is -2.85. The van der Waals surface area contributed by atoms with E-state index in [4.69, 9.17) is 16.6 Å². The van der Waals surface area contributed by atoms with Gasteiger partial charge in [0, 0.05) is 28.4 Å². The molecule has 0 saturated heterocycles. The molecule has 5 heteroatoms. The minimum atomic E-state index is 0.372. The summed E-state index contributed by atoms with van der Waals surface area (Å²) in [7, 11) is 0. The maximum absolute atomic E-state index is 5.97. The quantitative estimate of drug-likeness (QED) is 0.372. The zero-order valence-electron chi connectivity index (χ0n) is 16.9. The van der Waals surface area contributed by atoms with Crippen LogP contribution >= 0.6 is 11.6 Å². The van der Waals surface area contributed by atoms with Gasteiger partial charge < -0.3 is 10.3 Å². The van der Waals surface area contributed by atoms with Crippen LogP contribution in [0.1, 0.15) is 27.2 Å². The molecule has 0 amide bonds. The van der Waals surface area contributed by atoms with Gasteiger partial charge in [0.05, 0.1) is 16.7 Å². The SMILES string of the molecule is CC(C)CC(C)Nc1nc2cc(-c3ccc(-c4ccc(Cl)cc4)cn3)ccc2[nH]1. The van der Waals surface area contributed by atoms with Crippen LogP contribution in [0.4, 0.5) is 5.95 Å². The van der Waals surface area contributed by atoms with E-state index in [-0.39, 0.29) is 0 Å². The molecule has 4 rings (SSSR count). The van der Waals surface area contributed by atoms with E-state index in [0.717, 1.165) is 50.8 Å². The summed E-state index contributed by atoms with van der Waals surface area (Å²) in [5.41, 5.74) is 6.10. The molecule has 2 aromatic heterocycles. The van der Waals surface area contributed by atoms with E-state index in [1.54, 1.807) is 0 Å². The fourth-order valence-corrected chi connectivity index (χ4v) is 3.74. The number of benzene rings is 2. The highest BCUT2D eigenvalue weighted by Crippen LogP contribution is 2.26. The third-order valence-corrected chi connectivity index (χ3v) is 5.18. The normalized spacial score (nSPS) is 12.4. The molecule has 0 aliphatic rings. The summed E-state index contributed by atoms with van der Waals surface area (Å²) in [4.78, 5) is 12.7. The van der Waals surface area contributed by atoms with Crippen LogP contribution in [0, 0.1) is 5.92 Å². The largest absolute Gasteiger partial charge is 0.353 e. The predicted octanol–water partition coefficient (Wildman–Crippen LogP) is 6.79. The van der Waals surface area contributed by atoms with Crippen molar-refractivity contribution >= 4 is 28.6 Å². The van der Waals surface area contributed by atoms with Gasteiger partial charge in [0.15, 0.2) is 0 Å². The van der Waals surface area contributed by atoms with E-state index < -0.39 is 0 Å². The van der Waals surface area contributed by atoms with E-state index >= 15 is 0 Å². The lowest BCUT2D eigenvalue weighted by atomic mass is 10.1. The van der Waals surface area contributed by atoms with E-state index in [2.05, 4.69) is 60.3 Å². The zero-order valence-corrected chi connectivity index (χ0v) is 17.7. The van der Waals surface area contributed by atoms with E-state index in [9.17, 15) is 0 Å². The number of rotatable bonds is 6. The van der Waals surface area contributed by atoms with Gasteiger partial charge in [-0.1, -0.05) is 49.7 Å². The summed E-state index contributed by atoms with van der Waals surface area (Å²) in [6, 6.07) is 18.5. The summed E-state index contributed by atoms with van der Waals surface area (Å²) < 4.78 is 0. The van der Waals surface area contributed by atoms with Crippen LogP contribution in [-0.4, -0.2) is 21.0 Å². The van der Waals surface area contributed by atoms with Crippen LogP contribution in [0.15, 0.2) is 60.8 Å². The number of fused-ring (bicyclic) bond motifs is 1. The van der Waals surface area contributed by atoms with Crippen molar-refractivity contribution in [3.63, 3.8) is 0 Å². The highest BCUT2D eigenvalue weighted by atomic mass is 35.5. The number of nitrogens with zero attached hydrogens (tertiary/aromatic N) is 2. The topological polar surface area (TPSA) is 53.6 Å². The molecule has 0 radical (unpaired) electrons. The minimum absolute atomic E-state index is 0.372. The Morgan fingerprint density at radius 3 is 2.34 bits per heavy atom. The molecule has 0 fully saturated rings. The molecule has 0 spiro atoms. The molecule has 0 bridgehead atoms. The summed E-state index contributed by atoms with van der Waals surface area (Å²) in [6.07, 6.45) is 3.00. The molecule has 0 aliphatic carbocycles. The Labute approximate surface area is 176 Å². The number of H-pyrrole nitrogens is 1. The molecule has 2 heterocycles. The smallest absolute Gasteiger partial charge is 0.201 e. The Bertz CT molecular complexity index is 1100. The van der Waals surface area contributed by atoms with Crippen molar-refractivity contribution < 1.29 is 0 Å². The average Bonchev–Trinajstić information content (AvgIpc) is 3.09. The van der Waals surface area contributed by atoms with Crippen LogP contribution in [0.25, 0.3) is 33.4 Å². The summed E-state index contributed by atoms with van der Waals surface area (Å²) in [6.45, 7) is 6.65. The number of nitrogens with one attached hydrogen (secondary N) is 2. The monoisotopic (exact) mass is 404 g/mol. The number of pyridine rings is 1. The number of imidazole rings is 1. The van der Waals surface area contributed by atoms with Crippen molar-refractivity contribution in [2.24, 2.45) is 5.92 Å². The molecule has 0 saturated carbocycles. The van der Waals surface area contributed by atoms with Gasteiger partial charge in [-0.15, -0.1) is 0 Å². The Balaban J connectivity index is 1.55. The first-order valence-electron chi connectivity index (χ1n) is 9.96. The fourth-order valence-electron chi connectivity index (χ4n) is 3.61. The van der Waals surface area contributed by atoms with Gasteiger partial charge in [-0.3, -0.25) is 4.98 Å². The Morgan fingerprint density at radius 1 is 0.931 bits per heavy atom. The lowest BCUT2D eigenvalue weighted by molar-refractivity contribution is 0.538. The highest BCUT2D eigenvalue weighted by molar-refractivity contribution is 6.30. The van der Waals surface area contributed by atoms with Crippen molar-refractivity contribution in [2.75, 3.05) is 5.32 Å². The van der Waals surface area contributed by atoms with Gasteiger partial charge in [0.25, 0.3) is 0 Å². The number of aromatic amines is 1. The first-order valence-corrected chi connectivity index (χ1v) is 10.3. The molecule has 148 valence electrons. The summed E-state index contributed by atoms with van der Waals surface area (Å²) in [5.74, 6) is 1.46. The van der Waals surface area contributed by atoms with Crippen molar-refractivity contribution in [2.45, 2.75) is 33.2 Å². The third kappa shape index (κ3) is 4.60. The second-order valence-corrected chi connectivity index (χ2v) is 8.37. The van der Waals surface area contributed by atoms with E-state index in [1.807, 2.05) is 36.5 Å². The summed E-state index contributed by atoms with van der Waals surface area (Å²) in [5, 5.41) is 4.19. The zero-order chi connectivity index (χ0) is 20.4. The first-order chi connectivity index (χ1) is 14.0. The first kappa shape index (κ1) is 19.5. The fraction of sp³-hybridized carbons (Fsp3) is 0.250. The maximum Gasteiger partial charge on any atom is 0.201 e. The van der Waals surface area contributed by atoms with E-state index in [1.165, 1.54) is 0 Å². The third-order valence-electron chi connectivity index (χ3n) is 4.93. The van der Waals surface area contributed by atoms with Gasteiger partial charge in [-0.05, 0) is 55.2 Å². The molecular formula is C24H25ClN4. The second-order valence-electron chi connectivity index (χ2n) is 7.93. The molecule has 1 atom stereocenters. The van der Waals surface area contributed by atoms with Crippen LogP contribution in [0.3, 0.4) is 0 Å². The lowest BCUT2D eigenvalue weighted by Crippen LogP contribution is -2.18. The van der Waals surface area contributed by atoms with Crippen molar-refractivity contribution in [3.05, 3.63) is 65.8 Å². The van der Waals surface area contributed by atoms with Gasteiger partial charge in [0.2, 0.25) is 5.95 Å². The van der Waals surface area contributed by atoms with Crippen LogP contribution < -0.4 is 5.32 Å². The standard InChI is InChI=1S/C24H25ClN4/c1-15(2)12-16(3)27-24-28-22-11-6-18(13-23(22)29-24)21-10-7-19(14-26-21)17-4-8-20(25)9-5-17/h4-11,13-16H,12H2,1-3H3,(H2,27,28,29). The molecule has 0 aliphatic heterocycles. The van der Waals surface area contributed by atoms with Crippen molar-refractivity contribution in [1.29, 1.82) is 0 Å². The predicted molar refractivity (Wildman–Crippen MR) is 122 cm³/mol. The Morgan fingerprint density at radius 2 is 1.66 bits per heavy atom. The molecule has 1 unspecified atom stereocenters. The van der Waals surface area contributed by atoms with Gasteiger partial charge >= 0.3 is 0 Å². The van der Waals surface area contributed by atoms with Gasteiger partial charge in [-0.2, -0.15) is 0 Å². The number of hydrogen-bond donors (Lipinski definition) is 2. The number of aromatic nitrogens is 3. The minimum Gasteiger partial charge on any atom is -0.353 e.